The summed E-state index contributed by atoms with van der Waals surface area (Å²) in [4.78, 5) is 13.8. The van der Waals surface area contributed by atoms with Crippen molar-refractivity contribution in [2.75, 3.05) is 6.61 Å². The maximum Gasteiger partial charge on any atom is 0.277 e. The van der Waals surface area contributed by atoms with Crippen LogP contribution < -0.4 is 4.74 Å². The van der Waals surface area contributed by atoms with Crippen molar-refractivity contribution >= 4 is 21.6 Å². The number of pyridine rings is 1. The molecule has 0 spiro atoms. The van der Waals surface area contributed by atoms with Gasteiger partial charge in [-0.3, -0.25) is 10.1 Å². The minimum absolute atomic E-state index is 0.0367. The van der Waals surface area contributed by atoms with Crippen LogP contribution in [-0.2, 0) is 0 Å². The van der Waals surface area contributed by atoms with Gasteiger partial charge >= 0.3 is 0 Å². The van der Waals surface area contributed by atoms with Crippen molar-refractivity contribution < 1.29 is 9.66 Å². The van der Waals surface area contributed by atoms with Crippen molar-refractivity contribution in [1.82, 2.24) is 4.98 Å². The summed E-state index contributed by atoms with van der Waals surface area (Å²) in [5.41, 5.74) is -0.0367. The molecule has 0 atom stereocenters. The Labute approximate surface area is 83.0 Å². The van der Waals surface area contributed by atoms with Crippen molar-refractivity contribution in [3.8, 4) is 5.88 Å². The molecule has 1 aromatic heterocycles. The van der Waals surface area contributed by atoms with E-state index in [1.165, 1.54) is 12.1 Å². The largest absolute Gasteiger partial charge is 0.478 e. The van der Waals surface area contributed by atoms with Gasteiger partial charge in [0.15, 0.2) is 0 Å². The Kier molecular flexibility index (Phi) is 3.18. The standard InChI is InChI=1S/C7H7BrN2O3/c1-2-13-7-4-5(10(11)12)3-6(8)9-7/h3-4H,2H2,1H3. The summed E-state index contributed by atoms with van der Waals surface area (Å²) in [7, 11) is 0. The summed E-state index contributed by atoms with van der Waals surface area (Å²) < 4.78 is 5.43. The molecule has 0 bridgehead atoms. The van der Waals surface area contributed by atoms with Crippen molar-refractivity contribution in [2.45, 2.75) is 6.92 Å². The Morgan fingerprint density at radius 3 is 2.92 bits per heavy atom. The van der Waals surface area contributed by atoms with E-state index in [0.717, 1.165) is 0 Å². The fraction of sp³-hybridized carbons (Fsp3) is 0.286. The van der Waals surface area contributed by atoms with E-state index < -0.39 is 4.92 Å². The lowest BCUT2D eigenvalue weighted by Gasteiger charge is -2.01. The zero-order chi connectivity index (χ0) is 9.84. The smallest absolute Gasteiger partial charge is 0.277 e. The predicted molar refractivity (Wildman–Crippen MR) is 49.8 cm³/mol. The first-order valence-electron chi connectivity index (χ1n) is 3.58. The van der Waals surface area contributed by atoms with Crippen LogP contribution in [0.3, 0.4) is 0 Å². The van der Waals surface area contributed by atoms with Gasteiger partial charge in [0.2, 0.25) is 5.88 Å². The molecule has 0 aliphatic rings. The van der Waals surface area contributed by atoms with E-state index in [4.69, 9.17) is 4.74 Å². The third-order valence-electron chi connectivity index (χ3n) is 1.26. The topological polar surface area (TPSA) is 65.3 Å². The molecule has 0 fully saturated rings. The summed E-state index contributed by atoms with van der Waals surface area (Å²) in [5.74, 6) is 0.253. The molecule has 0 N–H and O–H groups in total. The van der Waals surface area contributed by atoms with Crippen LogP contribution in [0.15, 0.2) is 16.7 Å². The zero-order valence-electron chi connectivity index (χ0n) is 6.86. The first-order valence-corrected chi connectivity index (χ1v) is 4.37. The molecule has 1 rings (SSSR count). The van der Waals surface area contributed by atoms with Gasteiger partial charge in [-0.2, -0.15) is 0 Å². The van der Waals surface area contributed by atoms with Gasteiger partial charge in [-0.05, 0) is 22.9 Å². The molecule has 1 aromatic rings. The van der Waals surface area contributed by atoms with Crippen molar-refractivity contribution in [1.29, 1.82) is 0 Å². The fourth-order valence-electron chi connectivity index (χ4n) is 0.787. The molecule has 0 aliphatic carbocycles. The molecule has 0 aliphatic heterocycles. The van der Waals surface area contributed by atoms with E-state index in [-0.39, 0.29) is 11.6 Å². The minimum atomic E-state index is -0.491. The molecule has 13 heavy (non-hydrogen) atoms. The monoisotopic (exact) mass is 246 g/mol. The molecule has 70 valence electrons. The van der Waals surface area contributed by atoms with Gasteiger partial charge in [0.1, 0.15) is 4.60 Å². The second kappa shape index (κ2) is 4.18. The molecule has 5 nitrogen and oxygen atoms in total. The highest BCUT2D eigenvalue weighted by Gasteiger charge is 2.09. The van der Waals surface area contributed by atoms with E-state index in [2.05, 4.69) is 20.9 Å². The second-order valence-electron chi connectivity index (χ2n) is 2.18. The SMILES string of the molecule is CCOc1cc([N+](=O)[O-])cc(Br)n1. The number of ether oxygens (including phenoxy) is 1. The van der Waals surface area contributed by atoms with Crippen LogP contribution in [0.1, 0.15) is 6.92 Å². The molecule has 0 saturated carbocycles. The summed E-state index contributed by atoms with van der Waals surface area (Å²) >= 11 is 3.06. The van der Waals surface area contributed by atoms with Gasteiger partial charge in [-0.1, -0.05) is 0 Å². The lowest BCUT2D eigenvalue weighted by molar-refractivity contribution is -0.385. The number of hydrogen-bond donors (Lipinski definition) is 0. The molecule has 1 heterocycles. The fourth-order valence-corrected chi connectivity index (χ4v) is 1.20. The second-order valence-corrected chi connectivity index (χ2v) is 2.99. The van der Waals surface area contributed by atoms with Gasteiger partial charge in [0, 0.05) is 6.07 Å². The van der Waals surface area contributed by atoms with E-state index in [0.29, 0.717) is 11.2 Å². The molecule has 6 heteroatoms. The number of hydrogen-bond acceptors (Lipinski definition) is 4. The number of nitrogens with zero attached hydrogens (tertiary/aromatic N) is 2. The highest BCUT2D eigenvalue weighted by atomic mass is 79.9. The van der Waals surface area contributed by atoms with Gasteiger partial charge in [-0.15, -0.1) is 0 Å². The number of aromatic nitrogens is 1. The molecule has 0 saturated heterocycles. The molecular weight excluding hydrogens is 240 g/mol. The van der Waals surface area contributed by atoms with Crippen LogP contribution in [-0.4, -0.2) is 16.5 Å². The van der Waals surface area contributed by atoms with Crippen LogP contribution in [0.2, 0.25) is 0 Å². The third-order valence-corrected chi connectivity index (χ3v) is 1.66. The third kappa shape index (κ3) is 2.66. The van der Waals surface area contributed by atoms with E-state index >= 15 is 0 Å². The summed E-state index contributed by atoms with van der Waals surface area (Å²) in [6.07, 6.45) is 0. The Morgan fingerprint density at radius 2 is 2.38 bits per heavy atom. The van der Waals surface area contributed by atoms with Crippen LogP contribution >= 0.6 is 15.9 Å². The van der Waals surface area contributed by atoms with Gasteiger partial charge in [0.05, 0.1) is 17.6 Å². The van der Waals surface area contributed by atoms with Crippen molar-refractivity contribution in [3.05, 3.63) is 26.9 Å². The maximum atomic E-state index is 10.4. The Bertz CT molecular complexity index is 330. The number of nitro groups is 1. The lowest BCUT2D eigenvalue weighted by Crippen LogP contribution is -1.96. The maximum absolute atomic E-state index is 10.4. The van der Waals surface area contributed by atoms with Crippen LogP contribution in [0.4, 0.5) is 5.69 Å². The van der Waals surface area contributed by atoms with E-state index in [9.17, 15) is 10.1 Å². The normalized spacial score (nSPS) is 9.69. The van der Waals surface area contributed by atoms with Gasteiger partial charge in [0.25, 0.3) is 5.69 Å². The molecule has 0 unspecified atom stereocenters. The first-order chi connectivity index (χ1) is 6.13. The quantitative estimate of drug-likeness (QED) is 0.466. The average Bonchev–Trinajstić information content (AvgIpc) is 2.03. The summed E-state index contributed by atoms with van der Waals surface area (Å²) in [5, 5.41) is 10.4. The van der Waals surface area contributed by atoms with Crippen molar-refractivity contribution in [3.63, 3.8) is 0 Å². The lowest BCUT2D eigenvalue weighted by atomic mass is 10.4. The Hall–Kier alpha value is -1.17. The molecule has 0 aromatic carbocycles. The Balaban J connectivity index is 3.03. The minimum Gasteiger partial charge on any atom is -0.478 e. The first kappa shape index (κ1) is 9.91. The van der Waals surface area contributed by atoms with Crippen LogP contribution in [0.25, 0.3) is 0 Å². The van der Waals surface area contributed by atoms with E-state index in [1.807, 2.05) is 0 Å². The van der Waals surface area contributed by atoms with Crippen molar-refractivity contribution in [2.24, 2.45) is 0 Å². The highest BCUT2D eigenvalue weighted by Crippen LogP contribution is 2.22. The highest BCUT2D eigenvalue weighted by molar-refractivity contribution is 9.10. The molecular formula is C7H7BrN2O3. The van der Waals surface area contributed by atoms with Gasteiger partial charge < -0.3 is 4.74 Å². The number of rotatable bonds is 3. The summed E-state index contributed by atoms with van der Waals surface area (Å²) in [6.45, 7) is 2.22. The van der Waals surface area contributed by atoms with Gasteiger partial charge in [-0.25, -0.2) is 4.98 Å². The van der Waals surface area contributed by atoms with Crippen LogP contribution in [0.5, 0.6) is 5.88 Å². The molecule has 0 amide bonds. The molecule has 0 radical (unpaired) electrons. The van der Waals surface area contributed by atoms with E-state index in [1.54, 1.807) is 6.92 Å². The zero-order valence-corrected chi connectivity index (χ0v) is 8.44. The van der Waals surface area contributed by atoms with Crippen LogP contribution in [0, 0.1) is 10.1 Å². The predicted octanol–water partition coefficient (Wildman–Crippen LogP) is 2.15. The summed E-state index contributed by atoms with van der Waals surface area (Å²) in [6, 6.07) is 2.61. The average molecular weight is 247 g/mol. The Morgan fingerprint density at radius 1 is 1.69 bits per heavy atom. The number of halogens is 1.